The molecule has 0 aromatic carbocycles. The molecular weight excluding hydrogens is 425 g/mol. The fourth-order valence-corrected chi connectivity index (χ4v) is 4.57. The van der Waals surface area contributed by atoms with Crippen LogP contribution in [-0.4, -0.2) is 50.3 Å². The molecule has 25 heavy (non-hydrogen) atoms. The van der Waals surface area contributed by atoms with Crippen molar-refractivity contribution in [2.75, 3.05) is 33.4 Å². The Morgan fingerprint density at radius 2 is 1.84 bits per heavy atom. The first kappa shape index (κ1) is 21.3. The van der Waals surface area contributed by atoms with E-state index in [2.05, 4.69) is 24.2 Å². The van der Waals surface area contributed by atoms with Gasteiger partial charge in [0.05, 0.1) is 0 Å². The highest BCUT2D eigenvalue weighted by atomic mass is 127. The van der Waals surface area contributed by atoms with Gasteiger partial charge in [-0.25, -0.2) is 0 Å². The highest BCUT2D eigenvalue weighted by molar-refractivity contribution is 14.0. The van der Waals surface area contributed by atoms with Crippen molar-refractivity contribution in [3.8, 4) is 0 Å². The number of nitrogens with zero attached hydrogens (tertiary/aromatic N) is 2. The lowest BCUT2D eigenvalue weighted by atomic mass is 9.85. The van der Waals surface area contributed by atoms with E-state index in [0.717, 1.165) is 50.0 Å². The summed E-state index contributed by atoms with van der Waals surface area (Å²) in [5, 5.41) is 3.78. The van der Waals surface area contributed by atoms with Crippen molar-refractivity contribution < 1.29 is 4.74 Å². The third-order valence-corrected chi connectivity index (χ3v) is 6.29. The molecule has 0 aromatic rings. The summed E-state index contributed by atoms with van der Waals surface area (Å²) in [4.78, 5) is 7.11. The predicted molar refractivity (Wildman–Crippen MR) is 116 cm³/mol. The largest absolute Gasteiger partial charge is 0.381 e. The Kier molecular flexibility index (Phi) is 9.31. The van der Waals surface area contributed by atoms with E-state index >= 15 is 0 Å². The van der Waals surface area contributed by atoms with Gasteiger partial charge < -0.3 is 15.0 Å². The van der Waals surface area contributed by atoms with Gasteiger partial charge in [-0.3, -0.25) is 4.99 Å². The topological polar surface area (TPSA) is 36.9 Å². The van der Waals surface area contributed by atoms with Crippen molar-refractivity contribution in [3.63, 3.8) is 0 Å². The highest BCUT2D eigenvalue weighted by Crippen LogP contribution is 2.44. The van der Waals surface area contributed by atoms with E-state index in [4.69, 9.17) is 9.73 Å². The molecule has 2 saturated carbocycles. The molecule has 2 unspecified atom stereocenters. The number of halogens is 1. The van der Waals surface area contributed by atoms with Gasteiger partial charge in [0.15, 0.2) is 5.96 Å². The zero-order valence-electron chi connectivity index (χ0n) is 16.2. The Morgan fingerprint density at radius 1 is 1.12 bits per heavy atom. The quantitative estimate of drug-likeness (QED) is 0.363. The summed E-state index contributed by atoms with van der Waals surface area (Å²) in [5.41, 5.74) is 0. The summed E-state index contributed by atoms with van der Waals surface area (Å²) < 4.78 is 5.47. The molecule has 3 rings (SSSR count). The van der Waals surface area contributed by atoms with Crippen LogP contribution in [0.1, 0.15) is 64.7 Å². The average molecular weight is 463 g/mol. The minimum Gasteiger partial charge on any atom is -0.381 e. The Hall–Kier alpha value is -0.0400. The van der Waals surface area contributed by atoms with E-state index in [9.17, 15) is 0 Å². The molecule has 1 heterocycles. The summed E-state index contributed by atoms with van der Waals surface area (Å²) in [5.74, 6) is 3.86. The highest BCUT2D eigenvalue weighted by Gasteiger charge is 2.43. The van der Waals surface area contributed by atoms with Crippen molar-refractivity contribution in [1.29, 1.82) is 0 Å². The molecule has 0 bridgehead atoms. The predicted octanol–water partition coefficient (Wildman–Crippen LogP) is 4.29. The number of aliphatic imine (C=N–C) groups is 1. The molecule has 3 fully saturated rings. The van der Waals surface area contributed by atoms with E-state index in [0.29, 0.717) is 6.04 Å². The van der Waals surface area contributed by atoms with E-state index in [1.165, 1.54) is 57.8 Å². The summed E-state index contributed by atoms with van der Waals surface area (Å²) >= 11 is 0. The van der Waals surface area contributed by atoms with Crippen LogP contribution in [0.2, 0.25) is 0 Å². The maximum Gasteiger partial charge on any atom is 0.193 e. The number of nitrogens with one attached hydrogen (secondary N) is 1. The lowest BCUT2D eigenvalue weighted by Crippen LogP contribution is -2.42. The SMILES string of the molecule is CCN=C(NC1CC1C1CCCCC1)N(C)CCC1CCOCC1.I. The van der Waals surface area contributed by atoms with Crippen LogP contribution in [0.25, 0.3) is 0 Å². The van der Waals surface area contributed by atoms with E-state index in [-0.39, 0.29) is 24.0 Å². The van der Waals surface area contributed by atoms with Gasteiger partial charge in [0.1, 0.15) is 0 Å². The zero-order valence-corrected chi connectivity index (χ0v) is 18.5. The molecule has 1 saturated heterocycles. The van der Waals surface area contributed by atoms with E-state index < -0.39 is 0 Å². The average Bonchev–Trinajstić information content (AvgIpc) is 3.40. The van der Waals surface area contributed by atoms with Crippen LogP contribution in [0.4, 0.5) is 0 Å². The van der Waals surface area contributed by atoms with Gasteiger partial charge in [-0.05, 0) is 50.4 Å². The van der Waals surface area contributed by atoms with Crippen LogP contribution >= 0.6 is 24.0 Å². The molecule has 0 aromatic heterocycles. The summed E-state index contributed by atoms with van der Waals surface area (Å²) in [6, 6.07) is 0.684. The second kappa shape index (κ2) is 11.0. The van der Waals surface area contributed by atoms with Crippen molar-refractivity contribution in [1.82, 2.24) is 10.2 Å². The molecule has 0 radical (unpaired) electrons. The number of hydrogen-bond donors (Lipinski definition) is 1. The molecule has 0 amide bonds. The van der Waals surface area contributed by atoms with E-state index in [1.807, 2.05) is 0 Å². The van der Waals surface area contributed by atoms with Gasteiger partial charge in [0.25, 0.3) is 0 Å². The lowest BCUT2D eigenvalue weighted by Gasteiger charge is -2.27. The maximum absolute atomic E-state index is 5.47. The molecule has 0 spiro atoms. The van der Waals surface area contributed by atoms with Crippen LogP contribution in [0, 0.1) is 17.8 Å². The number of hydrogen-bond acceptors (Lipinski definition) is 2. The second-order valence-electron chi connectivity index (χ2n) is 8.11. The Labute approximate surface area is 171 Å². The van der Waals surface area contributed by atoms with Crippen LogP contribution in [0.3, 0.4) is 0 Å². The normalized spacial score (nSPS) is 28.3. The fourth-order valence-electron chi connectivity index (χ4n) is 4.57. The van der Waals surface area contributed by atoms with Gasteiger partial charge >= 0.3 is 0 Å². The monoisotopic (exact) mass is 463 g/mol. The van der Waals surface area contributed by atoms with Gasteiger partial charge in [0.2, 0.25) is 0 Å². The standard InChI is InChI=1S/C20H37N3O.HI/c1-3-21-20(23(2)12-9-16-10-13-24-14-11-16)22-19-15-18(19)17-7-5-4-6-8-17;/h16-19H,3-15H2,1-2H3,(H,21,22);1H. The van der Waals surface area contributed by atoms with Crippen LogP contribution in [-0.2, 0) is 4.74 Å². The molecular formula is C20H38IN3O. The van der Waals surface area contributed by atoms with Crippen molar-refractivity contribution in [2.24, 2.45) is 22.7 Å². The first-order valence-corrected chi connectivity index (χ1v) is 10.4. The second-order valence-corrected chi connectivity index (χ2v) is 8.11. The summed E-state index contributed by atoms with van der Waals surface area (Å²) in [6.45, 7) is 6.02. The Bertz CT molecular complexity index is 406. The van der Waals surface area contributed by atoms with Crippen LogP contribution in [0.5, 0.6) is 0 Å². The number of guanidine groups is 1. The van der Waals surface area contributed by atoms with E-state index in [1.54, 1.807) is 0 Å². The first-order chi connectivity index (χ1) is 11.8. The van der Waals surface area contributed by atoms with Gasteiger partial charge in [-0.1, -0.05) is 32.1 Å². The van der Waals surface area contributed by atoms with Gasteiger partial charge in [-0.15, -0.1) is 24.0 Å². The summed E-state index contributed by atoms with van der Waals surface area (Å²) in [6.07, 6.45) is 12.4. The van der Waals surface area contributed by atoms with Gasteiger partial charge in [0, 0.05) is 39.4 Å². The van der Waals surface area contributed by atoms with Crippen LogP contribution < -0.4 is 5.32 Å². The van der Waals surface area contributed by atoms with Crippen molar-refractivity contribution in [2.45, 2.75) is 70.8 Å². The Morgan fingerprint density at radius 3 is 2.52 bits per heavy atom. The smallest absolute Gasteiger partial charge is 0.193 e. The molecule has 5 heteroatoms. The Balaban J connectivity index is 0.00000225. The maximum atomic E-state index is 5.47. The van der Waals surface area contributed by atoms with Crippen molar-refractivity contribution >= 4 is 29.9 Å². The molecule has 1 N–H and O–H groups in total. The van der Waals surface area contributed by atoms with Crippen LogP contribution in [0.15, 0.2) is 4.99 Å². The zero-order chi connectivity index (χ0) is 16.8. The minimum absolute atomic E-state index is 0. The minimum atomic E-state index is 0. The van der Waals surface area contributed by atoms with Crippen molar-refractivity contribution in [3.05, 3.63) is 0 Å². The number of rotatable bonds is 6. The molecule has 4 nitrogen and oxygen atoms in total. The molecule has 1 aliphatic heterocycles. The molecule has 2 aliphatic carbocycles. The molecule has 3 aliphatic rings. The van der Waals surface area contributed by atoms with Gasteiger partial charge in [-0.2, -0.15) is 0 Å². The first-order valence-electron chi connectivity index (χ1n) is 10.4. The third kappa shape index (κ3) is 6.56. The number of ether oxygens (including phenoxy) is 1. The molecule has 146 valence electrons. The molecule has 2 atom stereocenters. The third-order valence-electron chi connectivity index (χ3n) is 6.29. The fraction of sp³-hybridized carbons (Fsp3) is 0.950. The summed E-state index contributed by atoms with van der Waals surface area (Å²) in [7, 11) is 2.21. The lowest BCUT2D eigenvalue weighted by molar-refractivity contribution is 0.0625.